The number of hydrogen-bond donors (Lipinski definition) is 0. The molecule has 0 rings (SSSR count). The molecule has 0 aliphatic carbocycles. The second kappa shape index (κ2) is 8.27. The summed E-state index contributed by atoms with van der Waals surface area (Å²) in [5, 5.41) is -0.989. The van der Waals surface area contributed by atoms with E-state index < -0.39 is 48.2 Å². The molecule has 0 aromatic rings. The van der Waals surface area contributed by atoms with Crippen LogP contribution in [0.2, 0.25) is 18.1 Å². The number of carbonyl (C=O) groups is 7. The highest BCUT2D eigenvalue weighted by Crippen LogP contribution is 2.21. The average Bonchev–Trinajstić information content (AvgIpc) is 2.59. The fourth-order valence-electron chi connectivity index (χ4n) is 2.03. The van der Waals surface area contributed by atoms with Crippen molar-refractivity contribution in [1.29, 1.82) is 0 Å². The zero-order valence-corrected chi connectivity index (χ0v) is 13.9. The lowest BCUT2D eigenvalue weighted by Crippen LogP contribution is -2.51. The summed E-state index contributed by atoms with van der Waals surface area (Å²) in [5.41, 5.74) is 0. The highest BCUT2D eigenvalue weighted by atomic mass is 28.3. The minimum absolute atomic E-state index is 0.373. The Morgan fingerprint density at radius 1 is 0.652 bits per heavy atom. The van der Waals surface area contributed by atoms with Crippen molar-refractivity contribution in [3.05, 3.63) is 0 Å². The van der Waals surface area contributed by atoms with Crippen LogP contribution in [-0.4, -0.2) is 54.5 Å². The maximum Gasteiger partial charge on any atom is 0.281 e. The molecule has 23 heavy (non-hydrogen) atoms. The first-order valence-electron chi connectivity index (χ1n) is 6.81. The molecule has 0 aromatic heterocycles. The molecule has 0 spiro atoms. The van der Waals surface area contributed by atoms with Crippen LogP contribution in [0, 0.1) is 0 Å². The zero-order valence-electron chi connectivity index (χ0n) is 12.9. The molecule has 9 heteroatoms. The van der Waals surface area contributed by atoms with Gasteiger partial charge in [-0.2, -0.15) is 0 Å². The highest BCUT2D eigenvalue weighted by molar-refractivity contribution is 7.19. The summed E-state index contributed by atoms with van der Waals surface area (Å²) in [5.74, 6) is -11.8. The number of Topliss-reactive ketones (excluding diaryl/α,β-unsaturated/α-hetero) is 6. The molecule has 123 valence electrons. The van der Waals surface area contributed by atoms with E-state index in [1.165, 1.54) is 0 Å². The van der Waals surface area contributed by atoms with E-state index in [1.807, 2.05) is 0 Å². The van der Waals surface area contributed by atoms with E-state index in [0.717, 1.165) is 0 Å². The fourth-order valence-corrected chi connectivity index (χ4v) is 5.09. The van der Waals surface area contributed by atoms with Crippen LogP contribution < -0.4 is 0 Å². The second-order valence-electron chi connectivity index (χ2n) is 4.75. The lowest BCUT2D eigenvalue weighted by atomic mass is 10.0. The number of carbonyl (C=O) groups excluding carboxylic acids is 8. The predicted octanol–water partition coefficient (Wildman–Crippen LogP) is -0.872. The molecular formula is C14H15O8Si. The summed E-state index contributed by atoms with van der Waals surface area (Å²) in [7, 11) is -2.77. The smallest absolute Gasteiger partial charge is 0.281 e. The van der Waals surface area contributed by atoms with Gasteiger partial charge >= 0.3 is 0 Å². The third kappa shape index (κ3) is 4.06. The molecular weight excluding hydrogens is 324 g/mol. The molecule has 0 saturated heterocycles. The van der Waals surface area contributed by atoms with Crippen molar-refractivity contribution in [2.45, 2.75) is 38.9 Å². The zero-order chi connectivity index (χ0) is 18.4. The Hall–Kier alpha value is -2.42. The van der Waals surface area contributed by atoms with Crippen LogP contribution in [0.5, 0.6) is 0 Å². The molecule has 1 radical (unpaired) electrons. The van der Waals surface area contributed by atoms with Crippen LogP contribution >= 0.6 is 0 Å². The largest absolute Gasteiger partial charge is 0.296 e. The van der Waals surface area contributed by atoms with Crippen LogP contribution in [0.3, 0.4) is 0 Å². The van der Waals surface area contributed by atoms with Crippen molar-refractivity contribution in [1.82, 2.24) is 0 Å². The number of rotatable bonds is 11. The Kier molecular flexibility index (Phi) is 7.40. The Labute approximate surface area is 132 Å². The van der Waals surface area contributed by atoms with Crippen molar-refractivity contribution in [2.24, 2.45) is 0 Å². The minimum atomic E-state index is -2.77. The number of hydrogen-bond acceptors (Lipinski definition) is 8. The minimum Gasteiger partial charge on any atom is -0.296 e. The van der Waals surface area contributed by atoms with Gasteiger partial charge in [0, 0.05) is 0 Å². The van der Waals surface area contributed by atoms with E-state index in [0.29, 0.717) is 24.4 Å². The van der Waals surface area contributed by atoms with Gasteiger partial charge in [-0.1, -0.05) is 38.9 Å². The third-order valence-electron chi connectivity index (χ3n) is 3.84. The summed E-state index contributed by atoms with van der Waals surface area (Å²) >= 11 is 0. The summed E-state index contributed by atoms with van der Waals surface area (Å²) in [6, 6.07) is 1.12. The van der Waals surface area contributed by atoms with Gasteiger partial charge in [-0.05, 0) is 0 Å². The van der Waals surface area contributed by atoms with Gasteiger partial charge in [0.25, 0.3) is 41.0 Å². The molecule has 0 aliphatic rings. The first-order chi connectivity index (χ1) is 10.6. The normalized spacial score (nSPS) is 10.6. The first-order valence-corrected chi connectivity index (χ1v) is 9.44. The second-order valence-corrected chi connectivity index (χ2v) is 9.88. The van der Waals surface area contributed by atoms with E-state index in [-0.39, 0.29) is 0 Å². The average molecular weight is 339 g/mol. The Balaban J connectivity index is 5.42. The molecule has 0 unspecified atom stereocenters. The molecule has 0 aliphatic heterocycles. The van der Waals surface area contributed by atoms with E-state index in [2.05, 4.69) is 0 Å². The SMILES string of the molecule is CC[Si](CC)(CC)C(=O)C(=O)C(=O)C(=O)C(=O)C(=O)C(=O)[C]=O. The van der Waals surface area contributed by atoms with Crippen molar-refractivity contribution in [3.8, 4) is 0 Å². The van der Waals surface area contributed by atoms with Gasteiger partial charge in [0.2, 0.25) is 0 Å². The lowest BCUT2D eigenvalue weighted by molar-refractivity contribution is -0.152. The van der Waals surface area contributed by atoms with Gasteiger partial charge in [-0.25, -0.2) is 0 Å². The quantitative estimate of drug-likeness (QED) is 0.269. The maximum atomic E-state index is 12.2. The summed E-state index contributed by atoms with van der Waals surface area (Å²) < 4.78 is 0. The highest BCUT2D eigenvalue weighted by Gasteiger charge is 2.45. The van der Waals surface area contributed by atoms with Gasteiger partial charge < -0.3 is 0 Å². The van der Waals surface area contributed by atoms with Gasteiger partial charge in [0.1, 0.15) is 8.07 Å². The molecule has 0 fully saturated rings. The van der Waals surface area contributed by atoms with Gasteiger partial charge in [0.15, 0.2) is 5.41 Å². The first kappa shape index (κ1) is 20.6. The van der Waals surface area contributed by atoms with Gasteiger partial charge in [-0.3, -0.25) is 38.4 Å². The Morgan fingerprint density at radius 3 is 1.35 bits per heavy atom. The van der Waals surface area contributed by atoms with Crippen molar-refractivity contribution >= 4 is 54.5 Å². The van der Waals surface area contributed by atoms with Crippen LogP contribution in [0.1, 0.15) is 20.8 Å². The third-order valence-corrected chi connectivity index (χ3v) is 9.09. The van der Waals surface area contributed by atoms with Crippen LogP contribution in [0.15, 0.2) is 0 Å². The van der Waals surface area contributed by atoms with E-state index >= 15 is 0 Å². The van der Waals surface area contributed by atoms with Crippen molar-refractivity contribution in [3.63, 3.8) is 0 Å². The van der Waals surface area contributed by atoms with Crippen molar-refractivity contribution in [2.75, 3.05) is 0 Å². The lowest BCUT2D eigenvalue weighted by Gasteiger charge is -2.24. The molecule has 0 aromatic carbocycles. The number of ketones is 6. The van der Waals surface area contributed by atoms with Crippen molar-refractivity contribution < 1.29 is 38.4 Å². The van der Waals surface area contributed by atoms with Crippen LogP contribution in [-0.2, 0) is 38.4 Å². The van der Waals surface area contributed by atoms with Gasteiger partial charge in [0.05, 0.1) is 0 Å². The predicted molar refractivity (Wildman–Crippen MR) is 77.9 cm³/mol. The van der Waals surface area contributed by atoms with E-state index in [1.54, 1.807) is 20.8 Å². The molecule has 0 amide bonds. The van der Waals surface area contributed by atoms with E-state index in [4.69, 9.17) is 0 Å². The molecule has 0 saturated carbocycles. The fraction of sp³-hybridized carbons (Fsp3) is 0.429. The molecule has 0 N–H and O–H groups in total. The Morgan fingerprint density at radius 2 is 1.00 bits per heavy atom. The summed E-state index contributed by atoms with van der Waals surface area (Å²) in [6.45, 7) is 5.05. The summed E-state index contributed by atoms with van der Waals surface area (Å²) in [4.78, 5) is 90.2. The molecule has 8 nitrogen and oxygen atoms in total. The molecule has 0 heterocycles. The van der Waals surface area contributed by atoms with Crippen LogP contribution in [0.4, 0.5) is 0 Å². The molecule has 0 atom stereocenters. The standard InChI is InChI=1S/C14H15O8Si/c1-4-23(5-2,6-3)14(22)13(21)12(20)11(19)10(18)9(17)8(16)7-15/h4-6H2,1-3H3. The topological polar surface area (TPSA) is 137 Å². The monoisotopic (exact) mass is 339 g/mol. The van der Waals surface area contributed by atoms with E-state index in [9.17, 15) is 38.4 Å². The summed E-state index contributed by atoms with van der Waals surface area (Å²) in [6.07, 6.45) is 0.575. The van der Waals surface area contributed by atoms with Gasteiger partial charge in [-0.15, -0.1) is 0 Å². The molecule has 0 bridgehead atoms. The Bertz CT molecular complexity index is 604. The van der Waals surface area contributed by atoms with Crippen LogP contribution in [0.25, 0.3) is 0 Å². The maximum absolute atomic E-state index is 12.2.